The van der Waals surface area contributed by atoms with Crippen LogP contribution in [-0.2, 0) is 30.6 Å². The third-order valence-electron chi connectivity index (χ3n) is 8.18. The van der Waals surface area contributed by atoms with Gasteiger partial charge in [0, 0.05) is 52.6 Å². The van der Waals surface area contributed by atoms with Crippen molar-refractivity contribution in [2.75, 3.05) is 0 Å². The van der Waals surface area contributed by atoms with E-state index >= 15 is 0 Å². The van der Waals surface area contributed by atoms with E-state index in [1.54, 1.807) is 13.8 Å². The third-order valence-corrected chi connectivity index (χ3v) is 8.18. The lowest BCUT2D eigenvalue weighted by atomic mass is 9.83. The molecular weight excluding hydrogens is 532 g/mol. The quantitative estimate of drug-likeness (QED) is 0.170. The molecule has 43 heavy (non-hydrogen) atoms. The number of aliphatic carboxylic acids is 1. The molecule has 5 rings (SSSR count). The number of Topliss-reactive ketones (excluding diaryl/α,β-unsaturated/α-hetero) is 1. The molecule has 0 unspecified atom stereocenters. The summed E-state index contributed by atoms with van der Waals surface area (Å²) in [5, 5.41) is 12.1. The predicted octanol–water partition coefficient (Wildman–Crippen LogP) is 8.60. The Morgan fingerprint density at radius 1 is 0.837 bits per heavy atom. The Morgan fingerprint density at radius 3 is 2.23 bits per heavy atom. The number of ketones is 1. The summed E-state index contributed by atoms with van der Waals surface area (Å²) in [5.74, 6) is -0.817. The van der Waals surface area contributed by atoms with Crippen LogP contribution in [0.5, 0.6) is 0 Å². The summed E-state index contributed by atoms with van der Waals surface area (Å²) in [4.78, 5) is 31.3. The Labute approximate surface area is 254 Å². The zero-order valence-electron chi connectivity index (χ0n) is 26.2. The number of hydrogen-bond donors (Lipinski definition) is 1. The van der Waals surface area contributed by atoms with Gasteiger partial charge in [0.15, 0.2) is 5.78 Å². The van der Waals surface area contributed by atoms with E-state index in [4.69, 9.17) is 4.98 Å². The molecule has 5 heteroatoms. The van der Waals surface area contributed by atoms with Gasteiger partial charge in [0.05, 0.1) is 10.9 Å². The highest BCUT2D eigenvalue weighted by atomic mass is 16.4. The number of carbonyl (C=O) groups excluding carboxylic acids is 1. The minimum atomic E-state index is -1.04. The summed E-state index contributed by atoms with van der Waals surface area (Å²) in [6.45, 7) is 12.3. The number of rotatable bonds is 10. The molecule has 1 N–H and O–H groups in total. The number of carbonyl (C=O) groups is 2. The van der Waals surface area contributed by atoms with E-state index in [1.165, 1.54) is 5.56 Å². The highest BCUT2D eigenvalue weighted by Crippen LogP contribution is 2.36. The molecule has 2 heterocycles. The average molecular weight is 575 g/mol. The van der Waals surface area contributed by atoms with Crippen LogP contribution >= 0.6 is 0 Å². The lowest BCUT2D eigenvalue weighted by Crippen LogP contribution is -2.28. The lowest BCUT2D eigenvalue weighted by Gasteiger charge is -2.23. The first kappa shape index (κ1) is 30.2. The van der Waals surface area contributed by atoms with E-state index in [0.29, 0.717) is 18.5 Å². The number of benzene rings is 3. The van der Waals surface area contributed by atoms with Crippen molar-refractivity contribution < 1.29 is 14.7 Å². The number of hydrogen-bond acceptors (Lipinski definition) is 3. The van der Waals surface area contributed by atoms with Crippen LogP contribution in [0.25, 0.3) is 21.8 Å². The van der Waals surface area contributed by atoms with E-state index in [9.17, 15) is 14.7 Å². The largest absolute Gasteiger partial charge is 0.481 e. The van der Waals surface area contributed by atoms with Crippen LogP contribution in [-0.4, -0.2) is 26.4 Å². The van der Waals surface area contributed by atoms with Gasteiger partial charge in [-0.15, -0.1) is 0 Å². The van der Waals surface area contributed by atoms with Gasteiger partial charge in [0.25, 0.3) is 0 Å². The Morgan fingerprint density at radius 2 is 1.53 bits per heavy atom. The minimum Gasteiger partial charge on any atom is -0.481 e. The predicted molar refractivity (Wildman–Crippen MR) is 175 cm³/mol. The Balaban J connectivity index is 1.62. The SMILES string of the molecule is Cc1ccc(Cn2c(CC(C)(C)C(=O)O)c(C(=O)CC(C)(C)C)c3cc(CCc4ccc5ccccc5n4)ccc32)cc1. The topological polar surface area (TPSA) is 72.2 Å². The maximum Gasteiger partial charge on any atom is 0.309 e. The summed E-state index contributed by atoms with van der Waals surface area (Å²) >= 11 is 0. The summed E-state index contributed by atoms with van der Waals surface area (Å²) in [6.07, 6.45) is 2.20. The number of aryl methyl sites for hydroxylation is 3. The van der Waals surface area contributed by atoms with Gasteiger partial charge in [-0.25, -0.2) is 0 Å². The standard InChI is InChI=1S/C38H42N2O3/c1-25-11-13-27(14-12-25)24-40-32-20-16-26(15-18-29-19-17-28-9-7-8-10-31(28)39-29)21-30(32)35(34(41)23-37(2,3)4)33(40)22-38(5,6)36(42)43/h7-14,16-17,19-21H,15,18,22-24H2,1-6H3,(H,42,43). The summed E-state index contributed by atoms with van der Waals surface area (Å²) < 4.78 is 2.18. The second kappa shape index (κ2) is 11.8. The molecule has 0 saturated heterocycles. The van der Waals surface area contributed by atoms with Crippen LogP contribution in [0, 0.1) is 17.8 Å². The summed E-state index contributed by atoms with van der Waals surface area (Å²) in [5.41, 5.74) is 6.61. The van der Waals surface area contributed by atoms with Crippen LogP contribution in [0.3, 0.4) is 0 Å². The van der Waals surface area contributed by atoms with E-state index in [1.807, 2.05) is 18.2 Å². The van der Waals surface area contributed by atoms with Crippen molar-refractivity contribution in [2.45, 2.75) is 73.8 Å². The molecule has 0 radical (unpaired) electrons. The molecule has 0 aliphatic rings. The fraction of sp³-hybridized carbons (Fsp3) is 0.342. The van der Waals surface area contributed by atoms with Crippen molar-refractivity contribution >= 4 is 33.6 Å². The number of nitrogens with zero attached hydrogens (tertiary/aromatic N) is 2. The first-order chi connectivity index (χ1) is 20.3. The molecule has 0 atom stereocenters. The normalized spacial score (nSPS) is 12.2. The number of fused-ring (bicyclic) bond motifs is 2. The molecule has 0 saturated carbocycles. The van der Waals surface area contributed by atoms with Crippen LogP contribution in [0.4, 0.5) is 0 Å². The van der Waals surface area contributed by atoms with E-state index in [0.717, 1.165) is 57.2 Å². The van der Waals surface area contributed by atoms with E-state index in [-0.39, 0.29) is 17.6 Å². The van der Waals surface area contributed by atoms with Crippen LogP contribution in [0.1, 0.15) is 79.5 Å². The molecule has 0 spiro atoms. The Hall–Kier alpha value is -4.25. The van der Waals surface area contributed by atoms with Crippen LogP contribution in [0.2, 0.25) is 0 Å². The molecule has 0 aliphatic carbocycles. The molecule has 5 aromatic rings. The van der Waals surface area contributed by atoms with Crippen molar-refractivity contribution in [1.82, 2.24) is 9.55 Å². The third kappa shape index (κ3) is 6.88. The molecule has 0 fully saturated rings. The van der Waals surface area contributed by atoms with Crippen molar-refractivity contribution in [2.24, 2.45) is 10.8 Å². The fourth-order valence-corrected chi connectivity index (χ4v) is 5.75. The summed E-state index contributed by atoms with van der Waals surface area (Å²) in [6, 6.07) is 27.1. The van der Waals surface area contributed by atoms with Gasteiger partial charge in [-0.3, -0.25) is 14.6 Å². The second-order valence-electron chi connectivity index (χ2n) is 13.8. The second-order valence-corrected chi connectivity index (χ2v) is 13.8. The first-order valence-electron chi connectivity index (χ1n) is 15.1. The molecule has 0 aliphatic heterocycles. The van der Waals surface area contributed by atoms with Gasteiger partial charge in [0.1, 0.15) is 0 Å². The smallest absolute Gasteiger partial charge is 0.309 e. The zero-order chi connectivity index (χ0) is 30.9. The number of aromatic nitrogens is 2. The molecule has 3 aromatic carbocycles. The molecule has 5 nitrogen and oxygen atoms in total. The zero-order valence-corrected chi connectivity index (χ0v) is 26.2. The summed E-state index contributed by atoms with van der Waals surface area (Å²) in [7, 11) is 0. The van der Waals surface area contributed by atoms with Gasteiger partial charge in [-0.1, -0.05) is 80.9 Å². The molecular formula is C38H42N2O3. The molecule has 0 amide bonds. The van der Waals surface area contributed by atoms with Gasteiger partial charge >= 0.3 is 5.97 Å². The fourth-order valence-electron chi connectivity index (χ4n) is 5.75. The van der Waals surface area contributed by atoms with Crippen molar-refractivity contribution in [3.63, 3.8) is 0 Å². The van der Waals surface area contributed by atoms with Crippen LogP contribution in [0.15, 0.2) is 78.9 Å². The van der Waals surface area contributed by atoms with Crippen molar-refractivity contribution in [1.29, 1.82) is 0 Å². The van der Waals surface area contributed by atoms with Crippen molar-refractivity contribution in [3.8, 4) is 0 Å². The van der Waals surface area contributed by atoms with Gasteiger partial charge in [-0.2, -0.15) is 0 Å². The molecule has 222 valence electrons. The molecule has 0 bridgehead atoms. The van der Waals surface area contributed by atoms with E-state index < -0.39 is 11.4 Å². The highest BCUT2D eigenvalue weighted by Gasteiger charge is 2.34. The maximum atomic E-state index is 14.1. The van der Waals surface area contributed by atoms with Crippen molar-refractivity contribution in [3.05, 3.63) is 113 Å². The number of para-hydroxylation sites is 1. The van der Waals surface area contributed by atoms with E-state index in [2.05, 4.69) is 92.9 Å². The Kier molecular flexibility index (Phi) is 8.29. The first-order valence-corrected chi connectivity index (χ1v) is 15.1. The Bertz CT molecular complexity index is 1800. The maximum absolute atomic E-state index is 14.1. The lowest BCUT2D eigenvalue weighted by molar-refractivity contribution is -0.146. The molecule has 2 aromatic heterocycles. The van der Waals surface area contributed by atoms with Gasteiger partial charge in [0.2, 0.25) is 0 Å². The highest BCUT2D eigenvalue weighted by molar-refractivity contribution is 6.10. The number of pyridine rings is 1. The van der Waals surface area contributed by atoms with Gasteiger partial charge in [-0.05, 0) is 74.4 Å². The minimum absolute atomic E-state index is 0.0599. The number of carboxylic acid groups (broad SMARTS) is 1. The monoisotopic (exact) mass is 574 g/mol. The average Bonchev–Trinajstić information content (AvgIpc) is 3.23. The number of carboxylic acids is 1. The van der Waals surface area contributed by atoms with Gasteiger partial charge < -0.3 is 9.67 Å². The van der Waals surface area contributed by atoms with Crippen LogP contribution < -0.4 is 0 Å².